The zero-order chi connectivity index (χ0) is 12.1. The smallest absolute Gasteiger partial charge is 0.338 e. The van der Waals surface area contributed by atoms with Crippen LogP contribution in [0.4, 0.5) is 0 Å². The molecule has 0 N–H and O–H groups in total. The van der Waals surface area contributed by atoms with Crippen molar-refractivity contribution in [1.29, 1.82) is 0 Å². The lowest BCUT2D eigenvalue weighted by Crippen LogP contribution is -2.12. The molecule has 0 aromatic heterocycles. The lowest BCUT2D eigenvalue weighted by atomic mass is 9.97. The maximum absolute atomic E-state index is 11.5. The van der Waals surface area contributed by atoms with Crippen molar-refractivity contribution in [2.45, 2.75) is 13.3 Å². The number of rotatable bonds is 4. The van der Waals surface area contributed by atoms with E-state index in [1.807, 2.05) is 13.0 Å². The van der Waals surface area contributed by atoms with Crippen LogP contribution < -0.4 is 0 Å². The molecule has 0 bridgehead atoms. The molecule has 0 heterocycles. The number of methoxy groups -OCH3 is 1. The molecule has 1 aromatic rings. The summed E-state index contributed by atoms with van der Waals surface area (Å²) in [5.41, 5.74) is 2.15. The number of ketones is 1. The van der Waals surface area contributed by atoms with Gasteiger partial charge in [-0.1, -0.05) is 28.1 Å². The van der Waals surface area contributed by atoms with E-state index in [1.54, 1.807) is 12.1 Å². The van der Waals surface area contributed by atoms with Crippen molar-refractivity contribution in [2.24, 2.45) is 0 Å². The number of aryl methyl sites for hydroxylation is 1. The van der Waals surface area contributed by atoms with E-state index in [2.05, 4.69) is 20.7 Å². The third-order valence-electron chi connectivity index (χ3n) is 2.34. The summed E-state index contributed by atoms with van der Waals surface area (Å²) < 4.78 is 4.69. The molecule has 86 valence electrons. The second-order valence-corrected chi connectivity index (χ2v) is 4.00. The van der Waals surface area contributed by atoms with Gasteiger partial charge in [-0.25, -0.2) is 4.79 Å². The third-order valence-corrected chi connectivity index (χ3v) is 2.96. The Morgan fingerprint density at radius 3 is 2.62 bits per heavy atom. The molecule has 0 aliphatic rings. The molecule has 3 nitrogen and oxygen atoms in total. The van der Waals surface area contributed by atoms with Crippen LogP contribution in [0, 0.1) is 6.92 Å². The number of carbonyl (C=O) groups is 2. The number of esters is 1. The fourth-order valence-corrected chi connectivity index (χ4v) is 1.68. The monoisotopic (exact) mass is 284 g/mol. The van der Waals surface area contributed by atoms with E-state index in [9.17, 15) is 9.59 Å². The Morgan fingerprint density at radius 2 is 2.06 bits per heavy atom. The SMILES string of the molecule is COC(=O)c1cccc(C)c1CC(=O)CBr. The van der Waals surface area contributed by atoms with Crippen molar-refractivity contribution in [1.82, 2.24) is 0 Å². The molecule has 0 saturated heterocycles. The van der Waals surface area contributed by atoms with Gasteiger partial charge in [0.1, 0.15) is 5.78 Å². The Balaban J connectivity index is 3.13. The molecular formula is C12H13BrO3. The average Bonchev–Trinajstić information content (AvgIpc) is 2.30. The van der Waals surface area contributed by atoms with E-state index in [0.29, 0.717) is 10.9 Å². The van der Waals surface area contributed by atoms with Crippen LogP contribution in [0.3, 0.4) is 0 Å². The summed E-state index contributed by atoms with van der Waals surface area (Å²) in [6.45, 7) is 1.88. The van der Waals surface area contributed by atoms with Crippen LogP contribution in [0.5, 0.6) is 0 Å². The predicted molar refractivity (Wildman–Crippen MR) is 65.0 cm³/mol. The number of carbonyl (C=O) groups excluding carboxylic acids is 2. The van der Waals surface area contributed by atoms with Gasteiger partial charge in [0.15, 0.2) is 0 Å². The number of alkyl halides is 1. The topological polar surface area (TPSA) is 43.4 Å². The van der Waals surface area contributed by atoms with Gasteiger partial charge in [-0.3, -0.25) is 4.79 Å². The van der Waals surface area contributed by atoms with Crippen LogP contribution in [0.25, 0.3) is 0 Å². The third kappa shape index (κ3) is 2.92. The molecule has 0 spiro atoms. The summed E-state index contributed by atoms with van der Waals surface area (Å²) in [6, 6.07) is 5.34. The van der Waals surface area contributed by atoms with Gasteiger partial charge in [0.2, 0.25) is 0 Å². The highest BCUT2D eigenvalue weighted by atomic mass is 79.9. The first-order valence-corrected chi connectivity index (χ1v) is 5.96. The van der Waals surface area contributed by atoms with Gasteiger partial charge < -0.3 is 4.74 Å². The van der Waals surface area contributed by atoms with Crippen molar-refractivity contribution in [2.75, 3.05) is 12.4 Å². The fourth-order valence-electron chi connectivity index (χ4n) is 1.48. The molecule has 0 aliphatic carbocycles. The van der Waals surface area contributed by atoms with Gasteiger partial charge in [-0.05, 0) is 24.1 Å². The molecule has 0 fully saturated rings. The lowest BCUT2D eigenvalue weighted by molar-refractivity contribution is -0.115. The number of hydrogen-bond acceptors (Lipinski definition) is 3. The Morgan fingerprint density at radius 1 is 1.38 bits per heavy atom. The minimum atomic E-state index is -0.402. The van der Waals surface area contributed by atoms with Gasteiger partial charge >= 0.3 is 5.97 Å². The molecule has 1 rings (SSSR count). The summed E-state index contributed by atoms with van der Waals surface area (Å²) in [7, 11) is 1.33. The molecular weight excluding hydrogens is 272 g/mol. The van der Waals surface area contributed by atoms with Gasteiger partial charge in [0.05, 0.1) is 18.0 Å². The zero-order valence-corrected chi connectivity index (χ0v) is 10.8. The van der Waals surface area contributed by atoms with Crippen LogP contribution in [0.15, 0.2) is 18.2 Å². The highest BCUT2D eigenvalue weighted by molar-refractivity contribution is 9.09. The Bertz CT molecular complexity index is 413. The van der Waals surface area contributed by atoms with Crippen LogP contribution in [0.1, 0.15) is 21.5 Å². The molecule has 1 aromatic carbocycles. The van der Waals surface area contributed by atoms with Crippen molar-refractivity contribution < 1.29 is 14.3 Å². The van der Waals surface area contributed by atoms with Crippen LogP contribution in [-0.4, -0.2) is 24.2 Å². The molecule has 0 atom stereocenters. The molecule has 4 heteroatoms. The van der Waals surface area contributed by atoms with E-state index in [-0.39, 0.29) is 12.2 Å². The van der Waals surface area contributed by atoms with Crippen molar-refractivity contribution in [3.63, 3.8) is 0 Å². The quantitative estimate of drug-likeness (QED) is 0.629. The number of hydrogen-bond donors (Lipinski definition) is 0. The molecule has 0 amide bonds. The minimum Gasteiger partial charge on any atom is -0.465 e. The van der Waals surface area contributed by atoms with Crippen molar-refractivity contribution in [3.8, 4) is 0 Å². The summed E-state index contributed by atoms with van der Waals surface area (Å²) in [6.07, 6.45) is 0.252. The normalized spacial score (nSPS) is 9.94. The molecule has 0 saturated carbocycles. The zero-order valence-electron chi connectivity index (χ0n) is 9.25. The molecule has 0 unspecified atom stereocenters. The van der Waals surface area contributed by atoms with E-state index in [4.69, 9.17) is 0 Å². The molecule has 0 aliphatic heterocycles. The van der Waals surface area contributed by atoms with E-state index < -0.39 is 5.97 Å². The standard InChI is InChI=1S/C12H13BrO3/c1-8-4-3-5-10(12(15)16-2)11(8)6-9(14)7-13/h3-5H,6-7H2,1-2H3. The maximum atomic E-state index is 11.5. The van der Waals surface area contributed by atoms with Crippen molar-refractivity contribution >= 4 is 27.7 Å². The summed E-state index contributed by atoms with van der Waals surface area (Å²) in [5, 5.41) is 0.294. The largest absolute Gasteiger partial charge is 0.465 e. The van der Waals surface area contributed by atoms with E-state index in [0.717, 1.165) is 11.1 Å². The number of benzene rings is 1. The Labute approximate surface area is 103 Å². The first kappa shape index (κ1) is 12.9. The number of Topliss-reactive ketones (excluding diaryl/α,β-unsaturated/α-hetero) is 1. The van der Waals surface area contributed by atoms with Gasteiger partial charge in [-0.2, -0.15) is 0 Å². The fraction of sp³-hybridized carbons (Fsp3) is 0.333. The van der Waals surface area contributed by atoms with E-state index in [1.165, 1.54) is 7.11 Å². The van der Waals surface area contributed by atoms with E-state index >= 15 is 0 Å². The van der Waals surface area contributed by atoms with Crippen molar-refractivity contribution in [3.05, 3.63) is 34.9 Å². The average molecular weight is 285 g/mol. The summed E-state index contributed by atoms with van der Waals surface area (Å²) in [5.74, 6) is -0.361. The number of halogens is 1. The van der Waals surface area contributed by atoms with Gasteiger partial charge in [0.25, 0.3) is 0 Å². The highest BCUT2D eigenvalue weighted by Gasteiger charge is 2.15. The van der Waals surface area contributed by atoms with Crippen LogP contribution in [0.2, 0.25) is 0 Å². The minimum absolute atomic E-state index is 0.0412. The lowest BCUT2D eigenvalue weighted by Gasteiger charge is -2.09. The van der Waals surface area contributed by atoms with Gasteiger partial charge in [-0.15, -0.1) is 0 Å². The predicted octanol–water partition coefficient (Wildman–Crippen LogP) is 2.29. The highest BCUT2D eigenvalue weighted by Crippen LogP contribution is 2.16. The molecule has 16 heavy (non-hydrogen) atoms. The first-order chi connectivity index (χ1) is 7.60. The summed E-state index contributed by atoms with van der Waals surface area (Å²) >= 11 is 3.11. The van der Waals surface area contributed by atoms with Gasteiger partial charge in [0, 0.05) is 6.42 Å². The Hall–Kier alpha value is -1.16. The second-order valence-electron chi connectivity index (χ2n) is 3.44. The summed E-state index contributed by atoms with van der Waals surface area (Å²) in [4.78, 5) is 22.9. The van der Waals surface area contributed by atoms with Crippen LogP contribution in [-0.2, 0) is 16.0 Å². The van der Waals surface area contributed by atoms with Crippen LogP contribution >= 0.6 is 15.9 Å². The Kier molecular flexibility index (Phi) is 4.68. The maximum Gasteiger partial charge on any atom is 0.338 e. The molecule has 0 radical (unpaired) electrons. The second kappa shape index (κ2) is 5.80. The number of ether oxygens (including phenoxy) is 1. The first-order valence-electron chi connectivity index (χ1n) is 4.84.